The fourth-order valence-corrected chi connectivity index (χ4v) is 6.12. The fourth-order valence-electron chi connectivity index (χ4n) is 6.12. The second kappa shape index (κ2) is 11.1. The maximum atomic E-state index is 1.60. The first-order chi connectivity index (χ1) is 12.4. The Bertz CT molecular complexity index is 328. The van der Waals surface area contributed by atoms with Crippen LogP contribution in [0.1, 0.15) is 128 Å². The molecule has 0 saturated heterocycles. The molecule has 0 atom stereocenters. The van der Waals surface area contributed by atoms with Gasteiger partial charge < -0.3 is 0 Å². The molecular weight excluding hydrogens is 298 g/mol. The van der Waals surface area contributed by atoms with E-state index in [1.807, 2.05) is 0 Å². The van der Waals surface area contributed by atoms with Crippen LogP contribution in [0.25, 0.3) is 0 Å². The van der Waals surface area contributed by atoms with Gasteiger partial charge in [0.15, 0.2) is 0 Å². The van der Waals surface area contributed by atoms with Gasteiger partial charge in [-0.15, -0.1) is 0 Å². The van der Waals surface area contributed by atoms with Crippen LogP contribution in [0.4, 0.5) is 0 Å². The van der Waals surface area contributed by atoms with Crippen LogP contribution in [0.2, 0.25) is 11.1 Å². The van der Waals surface area contributed by atoms with E-state index in [0.29, 0.717) is 0 Å². The zero-order valence-corrected chi connectivity index (χ0v) is 17.2. The summed E-state index contributed by atoms with van der Waals surface area (Å²) in [7, 11) is 3.18. The van der Waals surface area contributed by atoms with Crippen molar-refractivity contribution in [3.05, 3.63) is 0 Å². The van der Waals surface area contributed by atoms with Crippen LogP contribution in [0, 0.1) is 5.92 Å². The van der Waals surface area contributed by atoms with Crippen LogP contribution in [0.15, 0.2) is 0 Å². The lowest BCUT2D eigenvalue weighted by Crippen LogP contribution is -2.24. The van der Waals surface area contributed by atoms with E-state index < -0.39 is 0 Å². The molecule has 0 amide bonds. The van der Waals surface area contributed by atoms with Crippen molar-refractivity contribution in [2.45, 2.75) is 140 Å². The standard InChI is InChI=1S/C23H44B2/c1-2-4-10-14-18-22(17-13-9-3-1)24-25-23(19-20-23)21-15-11-7-5-6-8-12-16-21/h21-22,24-25H,1-20H2. The summed E-state index contributed by atoms with van der Waals surface area (Å²) in [6.45, 7) is 0. The molecule has 2 heteroatoms. The lowest BCUT2D eigenvalue weighted by atomic mass is 9.25. The van der Waals surface area contributed by atoms with Gasteiger partial charge in [0, 0.05) is 0 Å². The minimum Gasteiger partial charge on any atom is -0.0733 e. The monoisotopic (exact) mass is 342 g/mol. The Hall–Kier alpha value is 0.130. The summed E-state index contributed by atoms with van der Waals surface area (Å²) in [5.41, 5.74) is 0. The molecular formula is C23H44B2. The predicted molar refractivity (Wildman–Crippen MR) is 117 cm³/mol. The molecule has 3 aliphatic rings. The number of hydrogen-bond acceptors (Lipinski definition) is 0. The number of rotatable bonds is 4. The highest BCUT2D eigenvalue weighted by atomic mass is 14.4. The average Bonchev–Trinajstić information content (AvgIpc) is 3.39. The van der Waals surface area contributed by atoms with Crippen LogP contribution in [0.3, 0.4) is 0 Å². The lowest BCUT2D eigenvalue weighted by molar-refractivity contribution is 0.391. The third kappa shape index (κ3) is 6.99. The summed E-state index contributed by atoms with van der Waals surface area (Å²) in [4.78, 5) is 0. The van der Waals surface area contributed by atoms with Crippen LogP contribution < -0.4 is 0 Å². The summed E-state index contributed by atoms with van der Waals surface area (Å²) in [5, 5.41) is 0.830. The normalized spacial score (nSPS) is 28.0. The highest BCUT2D eigenvalue weighted by molar-refractivity contribution is 7.03. The second-order valence-corrected chi connectivity index (χ2v) is 10.1. The Morgan fingerprint density at radius 1 is 0.480 bits per heavy atom. The molecule has 0 aromatic carbocycles. The first kappa shape index (κ1) is 19.9. The summed E-state index contributed by atoms with van der Waals surface area (Å²) in [5.74, 6) is 2.18. The Morgan fingerprint density at radius 2 is 0.880 bits per heavy atom. The molecule has 3 fully saturated rings. The maximum absolute atomic E-state index is 1.60. The van der Waals surface area contributed by atoms with E-state index in [-0.39, 0.29) is 0 Å². The van der Waals surface area contributed by atoms with E-state index in [1.165, 1.54) is 89.9 Å². The summed E-state index contributed by atoms with van der Waals surface area (Å²) in [6, 6.07) is 0. The first-order valence-electron chi connectivity index (χ1n) is 12.4. The van der Waals surface area contributed by atoms with Crippen molar-refractivity contribution in [1.82, 2.24) is 0 Å². The lowest BCUT2D eigenvalue weighted by Gasteiger charge is -2.28. The molecule has 0 unspecified atom stereocenters. The van der Waals surface area contributed by atoms with Crippen molar-refractivity contribution in [3.8, 4) is 0 Å². The molecule has 0 spiro atoms. The van der Waals surface area contributed by atoms with Gasteiger partial charge in [-0.3, -0.25) is 0 Å². The fraction of sp³-hybridized carbons (Fsp3) is 1.00. The van der Waals surface area contributed by atoms with Crippen LogP contribution in [-0.4, -0.2) is 14.3 Å². The molecule has 3 rings (SSSR count). The molecule has 25 heavy (non-hydrogen) atoms. The van der Waals surface area contributed by atoms with Crippen molar-refractivity contribution in [3.63, 3.8) is 0 Å². The second-order valence-electron chi connectivity index (χ2n) is 10.1. The van der Waals surface area contributed by atoms with Crippen molar-refractivity contribution < 1.29 is 0 Å². The van der Waals surface area contributed by atoms with Crippen molar-refractivity contribution in [2.75, 3.05) is 0 Å². The van der Waals surface area contributed by atoms with E-state index in [0.717, 1.165) is 17.0 Å². The SMILES string of the molecule is B(BC1(C2CCCCCCCC2)CC1)C1CCCCCCCCCC1. The Balaban J connectivity index is 1.45. The Labute approximate surface area is 160 Å². The van der Waals surface area contributed by atoms with E-state index >= 15 is 0 Å². The minimum atomic E-state index is 0.830. The van der Waals surface area contributed by atoms with Gasteiger partial charge in [-0.25, -0.2) is 0 Å². The smallest absolute Gasteiger partial charge is 0.0733 e. The zero-order chi connectivity index (χ0) is 17.2. The largest absolute Gasteiger partial charge is 0.0952 e. The third-order valence-electron chi connectivity index (χ3n) is 8.14. The van der Waals surface area contributed by atoms with Gasteiger partial charge >= 0.3 is 0 Å². The van der Waals surface area contributed by atoms with Crippen LogP contribution in [-0.2, 0) is 0 Å². The van der Waals surface area contributed by atoms with Crippen LogP contribution >= 0.6 is 0 Å². The number of hydrogen-bond donors (Lipinski definition) is 0. The minimum absolute atomic E-state index is 0.830. The summed E-state index contributed by atoms with van der Waals surface area (Å²) >= 11 is 0. The van der Waals surface area contributed by atoms with E-state index in [1.54, 1.807) is 52.9 Å². The Morgan fingerprint density at radius 3 is 1.32 bits per heavy atom. The van der Waals surface area contributed by atoms with Gasteiger partial charge in [0.25, 0.3) is 0 Å². The van der Waals surface area contributed by atoms with Crippen molar-refractivity contribution in [2.24, 2.45) is 5.92 Å². The molecule has 0 aromatic heterocycles. The quantitative estimate of drug-likeness (QED) is 0.475. The molecule has 0 bridgehead atoms. The average molecular weight is 342 g/mol. The highest BCUT2D eigenvalue weighted by Gasteiger charge is 2.48. The van der Waals surface area contributed by atoms with Gasteiger partial charge in [-0.05, 0) is 5.92 Å². The van der Waals surface area contributed by atoms with Crippen LogP contribution in [0.5, 0.6) is 0 Å². The maximum Gasteiger partial charge on any atom is 0.0952 e. The van der Waals surface area contributed by atoms with Gasteiger partial charge in [0.1, 0.15) is 0 Å². The predicted octanol–water partition coefficient (Wildman–Crippen LogP) is 7.18. The molecule has 0 N–H and O–H groups in total. The molecule has 0 radical (unpaired) electrons. The van der Waals surface area contributed by atoms with Gasteiger partial charge in [-0.2, -0.15) is 0 Å². The third-order valence-corrected chi connectivity index (χ3v) is 8.14. The zero-order valence-electron chi connectivity index (χ0n) is 17.2. The molecule has 0 nitrogen and oxygen atoms in total. The van der Waals surface area contributed by atoms with E-state index in [9.17, 15) is 0 Å². The van der Waals surface area contributed by atoms with E-state index in [2.05, 4.69) is 0 Å². The van der Waals surface area contributed by atoms with E-state index in [4.69, 9.17) is 0 Å². The summed E-state index contributed by atoms with van der Waals surface area (Å²) < 4.78 is 0. The van der Waals surface area contributed by atoms with Gasteiger partial charge in [-0.1, -0.05) is 140 Å². The summed E-state index contributed by atoms with van der Waals surface area (Å²) in [6.07, 6.45) is 30.7. The van der Waals surface area contributed by atoms with Crippen molar-refractivity contribution in [1.29, 1.82) is 0 Å². The van der Waals surface area contributed by atoms with Gasteiger partial charge in [0.05, 0.1) is 14.3 Å². The molecule has 3 saturated carbocycles. The molecule has 3 aliphatic carbocycles. The molecule has 0 aromatic rings. The Kier molecular flexibility index (Phi) is 8.81. The molecule has 0 aliphatic heterocycles. The highest BCUT2D eigenvalue weighted by Crippen LogP contribution is 2.61. The van der Waals surface area contributed by atoms with Crippen molar-refractivity contribution >= 4 is 14.3 Å². The first-order valence-corrected chi connectivity index (χ1v) is 12.4. The molecule has 0 heterocycles. The topological polar surface area (TPSA) is 0 Å². The van der Waals surface area contributed by atoms with Gasteiger partial charge in [0.2, 0.25) is 0 Å². The molecule has 142 valence electrons.